The van der Waals surface area contributed by atoms with E-state index in [-0.39, 0.29) is 58.3 Å². The topological polar surface area (TPSA) is 172 Å². The maximum Gasteiger partial charge on any atom is 0.383 e. The SMILES string of the molecule is CCOc1c(OCc2ccccc2)c2ccc(O[C@H]3O[C@H](COC(=O)c4ccccc4)[C@@H](OC(=O)c4ccccc4)[C@H](OC(=O)c4ccccc4)[C@@H]3OC(=O)c3ccccc3)cc2oc1=O. The molecule has 14 heteroatoms. The van der Waals surface area contributed by atoms with Crippen LogP contribution in [0.4, 0.5) is 0 Å². The molecule has 1 fully saturated rings. The first-order chi connectivity index (χ1) is 32.2. The van der Waals surface area contributed by atoms with E-state index in [1.807, 2.05) is 30.3 Å². The van der Waals surface area contributed by atoms with Crippen LogP contribution in [-0.2, 0) is 30.3 Å². The molecular formula is C52H42O14. The fraction of sp³-hybridized carbons (Fsp3) is 0.173. The highest BCUT2D eigenvalue weighted by Crippen LogP contribution is 2.37. The van der Waals surface area contributed by atoms with Crippen molar-refractivity contribution in [3.05, 3.63) is 208 Å². The Morgan fingerprint density at radius 3 is 1.55 bits per heavy atom. The molecule has 1 aliphatic heterocycles. The van der Waals surface area contributed by atoms with E-state index in [0.29, 0.717) is 5.39 Å². The van der Waals surface area contributed by atoms with Crippen molar-refractivity contribution in [3.63, 3.8) is 0 Å². The molecule has 7 aromatic rings. The van der Waals surface area contributed by atoms with Crippen molar-refractivity contribution < 1.29 is 61.5 Å². The summed E-state index contributed by atoms with van der Waals surface area (Å²) in [7, 11) is 0. The van der Waals surface area contributed by atoms with Crippen molar-refractivity contribution >= 4 is 34.8 Å². The average Bonchev–Trinajstić information content (AvgIpc) is 3.36. The summed E-state index contributed by atoms with van der Waals surface area (Å²) in [4.78, 5) is 68.7. The molecule has 66 heavy (non-hydrogen) atoms. The van der Waals surface area contributed by atoms with Crippen molar-refractivity contribution in [3.8, 4) is 17.2 Å². The van der Waals surface area contributed by atoms with Gasteiger partial charge in [0, 0.05) is 6.07 Å². The molecule has 1 aliphatic rings. The number of fused-ring (bicyclic) bond motifs is 1. The summed E-state index contributed by atoms with van der Waals surface area (Å²) >= 11 is 0. The van der Waals surface area contributed by atoms with Crippen LogP contribution < -0.4 is 19.8 Å². The Kier molecular flexibility index (Phi) is 14.1. The van der Waals surface area contributed by atoms with E-state index in [1.54, 1.807) is 97.9 Å². The summed E-state index contributed by atoms with van der Waals surface area (Å²) < 4.78 is 54.7. The summed E-state index contributed by atoms with van der Waals surface area (Å²) in [5.74, 6) is -3.28. The van der Waals surface area contributed by atoms with Gasteiger partial charge in [-0.05, 0) is 73.2 Å². The minimum absolute atomic E-state index is 0.0301. The quantitative estimate of drug-likeness (QED) is 0.0514. The third-order valence-corrected chi connectivity index (χ3v) is 10.3. The zero-order chi connectivity index (χ0) is 45.8. The molecule has 5 atom stereocenters. The molecule has 1 saturated heterocycles. The maximum atomic E-state index is 14.0. The van der Waals surface area contributed by atoms with Gasteiger partial charge in [-0.15, -0.1) is 0 Å². The number of rotatable bonds is 16. The molecule has 2 heterocycles. The van der Waals surface area contributed by atoms with Crippen LogP contribution in [-0.4, -0.2) is 67.8 Å². The molecule has 1 aromatic heterocycles. The molecule has 0 aliphatic carbocycles. The second-order valence-electron chi connectivity index (χ2n) is 14.7. The molecule has 0 spiro atoms. The van der Waals surface area contributed by atoms with Gasteiger partial charge in [0.1, 0.15) is 30.7 Å². The number of hydrogen-bond donors (Lipinski definition) is 0. The summed E-state index contributed by atoms with van der Waals surface area (Å²) in [5, 5.41) is 0.367. The van der Waals surface area contributed by atoms with Crippen molar-refractivity contribution in [1.82, 2.24) is 0 Å². The van der Waals surface area contributed by atoms with Crippen LogP contribution in [0.15, 0.2) is 179 Å². The van der Waals surface area contributed by atoms with Crippen LogP contribution in [0.1, 0.15) is 53.9 Å². The molecule has 6 aromatic carbocycles. The van der Waals surface area contributed by atoms with E-state index >= 15 is 0 Å². The summed E-state index contributed by atoms with van der Waals surface area (Å²) in [6.45, 7) is 1.42. The van der Waals surface area contributed by atoms with E-state index < -0.39 is 66.8 Å². The van der Waals surface area contributed by atoms with Crippen molar-refractivity contribution in [1.29, 1.82) is 0 Å². The van der Waals surface area contributed by atoms with Gasteiger partial charge < -0.3 is 42.3 Å². The van der Waals surface area contributed by atoms with Crippen LogP contribution in [0.5, 0.6) is 17.2 Å². The zero-order valence-corrected chi connectivity index (χ0v) is 35.4. The number of carbonyl (C=O) groups excluding carboxylic acids is 4. The van der Waals surface area contributed by atoms with Gasteiger partial charge >= 0.3 is 29.5 Å². The standard InChI is InChI=1S/C52H42O14/c1-2-58-45-42(59-31-33-18-8-3-9-19-33)39-29-28-38(30-40(39)62-51(45)57)61-52-46(66-50(56)37-26-16-7-17-27-37)44(65-49(55)36-24-14-6-15-25-36)43(64-48(54)35-22-12-5-13-23-35)41(63-52)32-60-47(53)34-20-10-4-11-21-34/h3-30,41,43-44,46,52H,2,31-32H2,1H3/t41-,43-,44+,46+,52+/m1/s1. The summed E-state index contributed by atoms with van der Waals surface area (Å²) in [6, 6.07) is 46.1. The number of esters is 4. The summed E-state index contributed by atoms with van der Waals surface area (Å²) in [5.41, 5.74) is 0.665. The first kappa shape index (κ1) is 44.4. The number of hydrogen-bond acceptors (Lipinski definition) is 14. The van der Waals surface area contributed by atoms with Crippen molar-refractivity contribution in [2.75, 3.05) is 13.2 Å². The monoisotopic (exact) mass is 890 g/mol. The third-order valence-electron chi connectivity index (χ3n) is 10.3. The van der Waals surface area contributed by atoms with Gasteiger partial charge in [-0.1, -0.05) is 103 Å². The van der Waals surface area contributed by atoms with Crippen molar-refractivity contribution in [2.24, 2.45) is 0 Å². The normalized spacial score (nSPS) is 17.7. The number of ether oxygens (including phenoxy) is 8. The lowest BCUT2D eigenvalue weighted by Gasteiger charge is -2.44. The second kappa shape index (κ2) is 21.0. The Bertz CT molecular complexity index is 2820. The lowest BCUT2D eigenvalue weighted by molar-refractivity contribution is -0.275. The molecule has 334 valence electrons. The fourth-order valence-corrected chi connectivity index (χ4v) is 7.11. The van der Waals surface area contributed by atoms with Crippen LogP contribution >= 0.6 is 0 Å². The predicted molar refractivity (Wildman–Crippen MR) is 237 cm³/mol. The molecule has 0 saturated carbocycles. The average molecular weight is 891 g/mol. The predicted octanol–water partition coefficient (Wildman–Crippen LogP) is 8.41. The van der Waals surface area contributed by atoms with Crippen LogP contribution in [0.25, 0.3) is 11.0 Å². The Morgan fingerprint density at radius 1 is 0.530 bits per heavy atom. The largest absolute Gasteiger partial charge is 0.484 e. The minimum atomic E-state index is -1.67. The molecular weight excluding hydrogens is 849 g/mol. The lowest BCUT2D eigenvalue weighted by Crippen LogP contribution is -2.63. The highest BCUT2D eigenvalue weighted by atomic mass is 16.7. The van der Waals surface area contributed by atoms with Gasteiger partial charge in [-0.25, -0.2) is 24.0 Å². The highest BCUT2D eigenvalue weighted by molar-refractivity contribution is 5.92. The van der Waals surface area contributed by atoms with Gasteiger partial charge in [0.2, 0.25) is 18.1 Å². The maximum absolute atomic E-state index is 14.0. The van der Waals surface area contributed by atoms with Crippen LogP contribution in [0.3, 0.4) is 0 Å². The Morgan fingerprint density at radius 2 is 1.02 bits per heavy atom. The first-order valence-electron chi connectivity index (χ1n) is 21.0. The molecule has 0 unspecified atom stereocenters. The van der Waals surface area contributed by atoms with Gasteiger partial charge in [0.05, 0.1) is 34.2 Å². The van der Waals surface area contributed by atoms with Crippen molar-refractivity contribution in [2.45, 2.75) is 44.2 Å². The first-order valence-corrected chi connectivity index (χ1v) is 21.0. The van der Waals surface area contributed by atoms with E-state index in [4.69, 9.17) is 42.3 Å². The zero-order valence-electron chi connectivity index (χ0n) is 35.4. The van der Waals surface area contributed by atoms with Gasteiger partial charge in [0.15, 0.2) is 18.0 Å². The fourth-order valence-electron chi connectivity index (χ4n) is 7.11. The molecule has 14 nitrogen and oxygen atoms in total. The van der Waals surface area contributed by atoms with Gasteiger partial charge in [0.25, 0.3) is 0 Å². The minimum Gasteiger partial charge on any atom is -0.484 e. The Labute approximate surface area is 378 Å². The number of benzene rings is 6. The van der Waals surface area contributed by atoms with E-state index in [9.17, 15) is 24.0 Å². The van der Waals surface area contributed by atoms with E-state index in [1.165, 1.54) is 48.5 Å². The van der Waals surface area contributed by atoms with Crippen LogP contribution in [0, 0.1) is 0 Å². The van der Waals surface area contributed by atoms with E-state index in [2.05, 4.69) is 0 Å². The highest BCUT2D eigenvalue weighted by Gasteiger charge is 2.54. The Hall–Kier alpha value is -8.23. The van der Waals surface area contributed by atoms with E-state index in [0.717, 1.165) is 5.56 Å². The Balaban J connectivity index is 1.21. The van der Waals surface area contributed by atoms with Gasteiger partial charge in [-0.2, -0.15) is 0 Å². The lowest BCUT2D eigenvalue weighted by atomic mass is 9.97. The molecule has 0 radical (unpaired) electrons. The summed E-state index contributed by atoms with van der Waals surface area (Å²) in [6.07, 6.45) is -8.01. The smallest absolute Gasteiger partial charge is 0.383 e. The van der Waals surface area contributed by atoms with Crippen LogP contribution in [0.2, 0.25) is 0 Å². The molecule has 0 bridgehead atoms. The van der Waals surface area contributed by atoms with Gasteiger partial charge in [-0.3, -0.25) is 0 Å². The molecule has 0 N–H and O–H groups in total. The number of carbonyl (C=O) groups is 4. The second-order valence-corrected chi connectivity index (χ2v) is 14.7. The molecule has 0 amide bonds. The molecule has 8 rings (SSSR count). The third kappa shape index (κ3) is 10.6.